The second kappa shape index (κ2) is 9.36. The first kappa shape index (κ1) is 21.1. The molecule has 164 valence electrons. The van der Waals surface area contributed by atoms with Gasteiger partial charge in [0.05, 0.1) is 17.6 Å². The van der Waals surface area contributed by atoms with Gasteiger partial charge in [0, 0.05) is 36.0 Å². The fourth-order valence-electron chi connectivity index (χ4n) is 3.30. The highest BCUT2D eigenvalue weighted by Crippen LogP contribution is 2.28. The average molecular weight is 432 g/mol. The van der Waals surface area contributed by atoms with Crippen molar-refractivity contribution < 1.29 is 9.53 Å². The number of nitrogen functional groups attached to an aromatic ring is 1. The van der Waals surface area contributed by atoms with Crippen LogP contribution in [0.5, 0.6) is 5.75 Å². The predicted octanol–water partition coefficient (Wildman–Crippen LogP) is 2.97. The van der Waals surface area contributed by atoms with E-state index in [1.54, 1.807) is 36.7 Å². The van der Waals surface area contributed by atoms with E-state index in [0.29, 0.717) is 23.7 Å². The van der Waals surface area contributed by atoms with Crippen LogP contribution in [0.15, 0.2) is 67.0 Å². The van der Waals surface area contributed by atoms with Crippen molar-refractivity contribution in [3.8, 4) is 11.6 Å². The van der Waals surface area contributed by atoms with Crippen LogP contribution in [-0.4, -0.2) is 51.2 Å². The number of hydrogen-bond acceptors (Lipinski definition) is 6. The van der Waals surface area contributed by atoms with Gasteiger partial charge in [-0.25, -0.2) is 4.98 Å². The van der Waals surface area contributed by atoms with Gasteiger partial charge in [-0.3, -0.25) is 14.5 Å². The van der Waals surface area contributed by atoms with Crippen LogP contribution in [0, 0.1) is 0 Å². The zero-order valence-corrected chi connectivity index (χ0v) is 17.9. The van der Waals surface area contributed by atoms with Crippen LogP contribution in [0.3, 0.4) is 0 Å². The zero-order chi connectivity index (χ0) is 22.5. The number of nitrogens with two attached hydrogens (primary N) is 1. The normalized spacial score (nSPS) is 11.5. The molecule has 0 unspecified atom stereocenters. The quantitative estimate of drug-likeness (QED) is 0.292. The van der Waals surface area contributed by atoms with E-state index >= 15 is 0 Å². The minimum atomic E-state index is -0.212. The van der Waals surface area contributed by atoms with E-state index in [0.717, 1.165) is 22.5 Å². The third kappa shape index (κ3) is 4.79. The number of aromatic nitrogens is 4. The third-order valence-corrected chi connectivity index (χ3v) is 4.76. The lowest BCUT2D eigenvalue weighted by Gasteiger charge is -2.12. The molecule has 9 heteroatoms. The van der Waals surface area contributed by atoms with Crippen LogP contribution in [0.1, 0.15) is 5.69 Å². The minimum Gasteiger partial charge on any atom is -0.485 e. The highest BCUT2D eigenvalue weighted by atomic mass is 16.5. The number of ether oxygens (including phenoxy) is 1. The van der Waals surface area contributed by atoms with Gasteiger partial charge in [-0.15, -0.1) is 0 Å². The molecule has 0 aliphatic rings. The van der Waals surface area contributed by atoms with E-state index in [-0.39, 0.29) is 12.5 Å². The van der Waals surface area contributed by atoms with Crippen molar-refractivity contribution in [3.05, 3.63) is 72.7 Å². The molecule has 4 aromatic rings. The highest BCUT2D eigenvalue weighted by Gasteiger charge is 2.14. The summed E-state index contributed by atoms with van der Waals surface area (Å²) in [4.78, 5) is 18.5. The Morgan fingerprint density at radius 2 is 2.12 bits per heavy atom. The Hall–Kier alpha value is -4.11. The molecule has 0 spiro atoms. The summed E-state index contributed by atoms with van der Waals surface area (Å²) in [5, 5.41) is 10.8. The van der Waals surface area contributed by atoms with E-state index in [1.807, 2.05) is 47.8 Å². The number of likely N-dealkylation sites (N-methyl/N-ethyl adjacent to an activating group) is 1. The lowest BCUT2D eigenvalue weighted by atomic mass is 10.2. The molecule has 0 saturated carbocycles. The number of amides is 1. The smallest absolute Gasteiger partial charge is 0.248 e. The number of aromatic amines is 1. The average Bonchev–Trinajstić information content (AvgIpc) is 3.40. The largest absolute Gasteiger partial charge is 0.485 e. The molecule has 3 aromatic heterocycles. The number of nitrogens with zero attached hydrogens (tertiary/aromatic N) is 4. The molecular formula is C23H25N7O2. The standard InChI is InChI=1S/C23H25N7O2/c1-29(2)12-4-6-22(31)27-17-7-8-20(19(24)14-17)32-15-18-13-16-5-3-10-25-23(16)30(18)21-9-11-26-28-21/h3-11,13-14H,12,15,24H2,1-2H3,(H,26,28)(H,27,31)/b6-4+. The Morgan fingerprint density at radius 3 is 2.88 bits per heavy atom. The molecule has 0 saturated heterocycles. The summed E-state index contributed by atoms with van der Waals surface area (Å²) >= 11 is 0. The Bertz CT molecular complexity index is 1240. The Labute approximate surface area is 185 Å². The SMILES string of the molecule is CN(C)C/C=C/C(=O)Nc1ccc(OCc2cc3cccnc3n2-c2ccn[nH]2)c(N)c1. The van der Waals surface area contributed by atoms with Crippen LogP contribution in [0.2, 0.25) is 0 Å². The van der Waals surface area contributed by atoms with Crippen molar-refractivity contribution in [3.63, 3.8) is 0 Å². The van der Waals surface area contributed by atoms with E-state index < -0.39 is 0 Å². The van der Waals surface area contributed by atoms with Crippen molar-refractivity contribution in [2.24, 2.45) is 0 Å². The molecule has 4 N–H and O–H groups in total. The van der Waals surface area contributed by atoms with Gasteiger partial charge in [0.25, 0.3) is 0 Å². The summed E-state index contributed by atoms with van der Waals surface area (Å²) in [6, 6.07) is 13.0. The van der Waals surface area contributed by atoms with Crippen molar-refractivity contribution in [1.82, 2.24) is 24.6 Å². The van der Waals surface area contributed by atoms with Gasteiger partial charge in [-0.2, -0.15) is 5.10 Å². The number of carbonyl (C=O) groups is 1. The first-order valence-electron chi connectivity index (χ1n) is 10.1. The van der Waals surface area contributed by atoms with Crippen LogP contribution >= 0.6 is 0 Å². The maximum atomic E-state index is 12.0. The fourth-order valence-corrected chi connectivity index (χ4v) is 3.30. The molecular weight excluding hydrogens is 406 g/mol. The number of anilines is 2. The second-order valence-corrected chi connectivity index (χ2v) is 7.52. The number of fused-ring (bicyclic) bond motifs is 1. The Balaban J connectivity index is 1.48. The third-order valence-electron chi connectivity index (χ3n) is 4.76. The fraction of sp³-hybridized carbons (Fsp3) is 0.174. The number of pyridine rings is 1. The van der Waals surface area contributed by atoms with E-state index in [9.17, 15) is 4.79 Å². The molecule has 1 aromatic carbocycles. The zero-order valence-electron chi connectivity index (χ0n) is 17.9. The number of carbonyl (C=O) groups excluding carboxylic acids is 1. The predicted molar refractivity (Wildman–Crippen MR) is 125 cm³/mol. The van der Waals surface area contributed by atoms with Crippen molar-refractivity contribution in [2.45, 2.75) is 6.61 Å². The van der Waals surface area contributed by atoms with Gasteiger partial charge >= 0.3 is 0 Å². The summed E-state index contributed by atoms with van der Waals surface area (Å²) in [5.74, 6) is 1.11. The maximum Gasteiger partial charge on any atom is 0.248 e. The lowest BCUT2D eigenvalue weighted by molar-refractivity contribution is -0.111. The lowest BCUT2D eigenvalue weighted by Crippen LogP contribution is -2.13. The van der Waals surface area contributed by atoms with Crippen LogP contribution < -0.4 is 15.8 Å². The molecule has 9 nitrogen and oxygen atoms in total. The molecule has 0 aliphatic carbocycles. The van der Waals surface area contributed by atoms with Crippen LogP contribution in [-0.2, 0) is 11.4 Å². The summed E-state index contributed by atoms with van der Waals surface area (Å²) in [5.41, 5.74) is 8.91. The molecule has 32 heavy (non-hydrogen) atoms. The van der Waals surface area contributed by atoms with Crippen LogP contribution in [0.25, 0.3) is 16.9 Å². The van der Waals surface area contributed by atoms with Gasteiger partial charge in [0.1, 0.15) is 23.8 Å². The molecule has 3 heterocycles. The molecule has 0 fully saturated rings. The summed E-state index contributed by atoms with van der Waals surface area (Å²) < 4.78 is 7.97. The number of H-pyrrole nitrogens is 1. The summed E-state index contributed by atoms with van der Waals surface area (Å²) in [7, 11) is 3.87. The second-order valence-electron chi connectivity index (χ2n) is 7.52. The van der Waals surface area contributed by atoms with Gasteiger partial charge in [-0.05, 0) is 50.5 Å². The summed E-state index contributed by atoms with van der Waals surface area (Å²) in [6.07, 6.45) is 6.74. The topological polar surface area (TPSA) is 114 Å². The van der Waals surface area contributed by atoms with Crippen LogP contribution in [0.4, 0.5) is 11.4 Å². The Kier molecular flexibility index (Phi) is 6.18. The molecule has 0 atom stereocenters. The van der Waals surface area contributed by atoms with Gasteiger partial charge in [0.15, 0.2) is 0 Å². The molecule has 0 radical (unpaired) electrons. The summed E-state index contributed by atoms with van der Waals surface area (Å²) in [6.45, 7) is 0.964. The first-order chi connectivity index (χ1) is 15.5. The van der Waals surface area contributed by atoms with Crippen molar-refractivity contribution in [1.29, 1.82) is 0 Å². The van der Waals surface area contributed by atoms with Crippen molar-refractivity contribution >= 4 is 28.3 Å². The maximum absolute atomic E-state index is 12.0. The Morgan fingerprint density at radius 1 is 1.25 bits per heavy atom. The number of nitrogens with one attached hydrogen (secondary N) is 2. The molecule has 4 rings (SSSR count). The molecule has 0 bridgehead atoms. The molecule has 0 aliphatic heterocycles. The highest BCUT2D eigenvalue weighted by molar-refractivity contribution is 5.99. The van der Waals surface area contributed by atoms with E-state index in [2.05, 4.69) is 20.5 Å². The van der Waals surface area contributed by atoms with Gasteiger partial charge < -0.3 is 20.7 Å². The molecule has 1 amide bonds. The van der Waals surface area contributed by atoms with E-state index in [1.165, 1.54) is 6.08 Å². The van der Waals surface area contributed by atoms with Gasteiger partial charge in [0.2, 0.25) is 5.91 Å². The minimum absolute atomic E-state index is 0.212. The number of hydrogen-bond donors (Lipinski definition) is 3. The van der Waals surface area contributed by atoms with E-state index in [4.69, 9.17) is 10.5 Å². The monoisotopic (exact) mass is 431 g/mol. The number of benzene rings is 1. The van der Waals surface area contributed by atoms with Gasteiger partial charge in [-0.1, -0.05) is 6.08 Å². The van der Waals surface area contributed by atoms with Crippen molar-refractivity contribution in [2.75, 3.05) is 31.7 Å². The number of rotatable bonds is 8. The first-order valence-corrected chi connectivity index (χ1v) is 10.1.